The molecule has 0 N–H and O–H groups in total. The van der Waals surface area contributed by atoms with Gasteiger partial charge in [0.15, 0.2) is 0 Å². The van der Waals surface area contributed by atoms with Gasteiger partial charge in [-0.3, -0.25) is 0 Å². The van der Waals surface area contributed by atoms with E-state index in [1.165, 1.54) is 198 Å². The molecule has 0 aromatic heterocycles. The van der Waals surface area contributed by atoms with Gasteiger partial charge in [-0.25, -0.2) is 0 Å². The van der Waals surface area contributed by atoms with Crippen molar-refractivity contribution < 1.29 is 184 Å². The van der Waals surface area contributed by atoms with E-state index < -0.39 is 36.3 Å². The van der Waals surface area contributed by atoms with Gasteiger partial charge in [0.25, 0.3) is 0 Å². The molecule has 0 saturated heterocycles. The average molecular weight is 1900 g/mol. The summed E-state index contributed by atoms with van der Waals surface area (Å²) < 4.78 is 195. The van der Waals surface area contributed by atoms with E-state index in [4.69, 9.17) is 52.6 Å². The average Bonchev–Trinajstić information content (AvgIpc) is 3.34. The van der Waals surface area contributed by atoms with Gasteiger partial charge in [-0.15, -0.1) is 0 Å². The molecule has 0 spiro atoms. The predicted molar refractivity (Wildman–Crippen MR) is 348 cm³/mol. The Hall–Kier alpha value is -5.66. The van der Waals surface area contributed by atoms with E-state index in [1.807, 2.05) is 0 Å². The number of halogens is 20. The summed E-state index contributed by atoms with van der Waals surface area (Å²) in [5.41, 5.74) is 0. The van der Waals surface area contributed by atoms with Crippen LogP contribution in [-0.2, 0) is 97.4 Å². The SMILES string of the molecule is C1=C\CC/C=C\CC/1.C1=C\CC/C=C\CC/1.C1=C\CC/C=C\CC/1.C1=C\CC/C=C\CC/1.C1=C\CC/C=C\CC/1.CC#N.CC#N.CC#N.CC#N.CC#N.CC#N.CC#N.CC#N.CC#N.CC#N.F[B-](F)(F)F.F[B-](F)(F)F.F[B-](F)(F)F.F[B-](F)(F)F.F[B-](F)(F)F.[Rh].[Rh].[Rh].[Rh].[Rh]. The topological polar surface area (TPSA) is 238 Å². The van der Waals surface area contributed by atoms with Gasteiger partial charge in [-0.2, -0.15) is 52.6 Å². The van der Waals surface area contributed by atoms with E-state index in [0.717, 1.165) is 0 Å². The van der Waals surface area contributed by atoms with Gasteiger partial charge in [-0.1, -0.05) is 122 Å². The molecular formula is C60H90B5F20N10Rh5-5. The van der Waals surface area contributed by atoms with Gasteiger partial charge in [0, 0.05) is 167 Å². The Morgan fingerprint density at radius 3 is 0.190 bits per heavy atom. The normalized spacial score (nSPS) is 15.0. The molecule has 0 saturated carbocycles. The predicted octanol–water partition coefficient (Wildman–Crippen LogP) is 25.2. The second-order valence-corrected chi connectivity index (χ2v) is 15.2. The molecule has 5 rings (SSSR count). The second-order valence-electron chi connectivity index (χ2n) is 15.2. The van der Waals surface area contributed by atoms with Crippen molar-refractivity contribution >= 4 is 36.3 Å². The van der Waals surface area contributed by atoms with E-state index >= 15 is 0 Å². The minimum absolute atomic E-state index is 0. The van der Waals surface area contributed by atoms with Crippen molar-refractivity contribution in [1.29, 1.82) is 52.6 Å². The van der Waals surface area contributed by atoms with Gasteiger partial charge in [-0.05, 0) is 128 Å². The molecule has 0 heterocycles. The molecule has 0 fully saturated rings. The fourth-order valence-corrected chi connectivity index (χ4v) is 4.28. The van der Waals surface area contributed by atoms with Gasteiger partial charge in [0.05, 0.1) is 60.7 Å². The van der Waals surface area contributed by atoms with E-state index in [2.05, 4.69) is 122 Å². The van der Waals surface area contributed by atoms with Crippen LogP contribution < -0.4 is 0 Å². The van der Waals surface area contributed by atoms with Crippen LogP contribution in [0.2, 0.25) is 0 Å². The Morgan fingerprint density at radius 2 is 0.170 bits per heavy atom. The molecule has 0 unspecified atom stereocenters. The summed E-state index contributed by atoms with van der Waals surface area (Å²) in [7, 11) is -30.0. The Labute approximate surface area is 647 Å². The zero-order chi connectivity index (χ0) is 77.9. The maximum absolute atomic E-state index is 9.75. The van der Waals surface area contributed by atoms with Crippen molar-refractivity contribution in [3.05, 3.63) is 122 Å². The first kappa shape index (κ1) is 149. The van der Waals surface area contributed by atoms with Crippen LogP contribution in [0, 0.1) is 113 Å². The molecule has 0 amide bonds. The molecule has 40 heteroatoms. The van der Waals surface area contributed by atoms with E-state index in [-0.39, 0.29) is 97.4 Å². The summed E-state index contributed by atoms with van der Waals surface area (Å²) in [6.45, 7) is 14.3. The smallest absolute Gasteiger partial charge is 0.418 e. The zero-order valence-electron chi connectivity index (χ0n) is 57.3. The number of nitrogens with zero attached hydrogens (tertiary/aromatic N) is 10. The summed E-state index contributed by atoms with van der Waals surface area (Å²) in [4.78, 5) is 0. The van der Waals surface area contributed by atoms with Crippen molar-refractivity contribution in [2.45, 2.75) is 198 Å². The summed E-state index contributed by atoms with van der Waals surface area (Å²) in [5, 5.41) is 73.2. The molecule has 0 aliphatic heterocycles. The van der Waals surface area contributed by atoms with Crippen LogP contribution in [0.25, 0.3) is 0 Å². The number of allylic oxidation sites excluding steroid dienone is 20. The number of hydrogen-bond donors (Lipinski definition) is 0. The summed E-state index contributed by atoms with van der Waals surface area (Å²) in [6.07, 6.45) is 70.0. The standard InChI is InChI=1S/5C8H12.10C2H3N.5BF4.5Rh/c5*1-2-4-6-8-7-5-3-1;10*1-2-3;5*2-1(3,4)5;;;;;/h5*1-2,7-8H,3-6H2;10*1H3;;;;;;;;;;/q;;;;;;;;;;;;;;;5*-1;;;;;/b5*2-1-,8-7-;;;;;;;;;;;;;;;;;;;;. The van der Waals surface area contributed by atoms with Gasteiger partial charge < -0.3 is 86.3 Å². The molecule has 0 bridgehead atoms. The zero-order valence-corrected chi connectivity index (χ0v) is 65.5. The second kappa shape index (κ2) is 144. The Kier molecular flexibility index (Phi) is 214. The first-order valence-corrected chi connectivity index (χ1v) is 28.1. The Morgan fingerprint density at radius 1 is 0.150 bits per heavy atom. The Bertz CT molecular complexity index is 1740. The van der Waals surface area contributed by atoms with Crippen molar-refractivity contribution in [1.82, 2.24) is 0 Å². The molecule has 5 aliphatic rings. The summed E-state index contributed by atoms with van der Waals surface area (Å²) >= 11 is 0. The molecule has 0 atom stereocenters. The largest absolute Gasteiger partial charge is 0.673 e. The third-order valence-electron chi connectivity index (χ3n) is 6.67. The molecule has 5 radical (unpaired) electrons. The first-order valence-electron chi connectivity index (χ1n) is 28.1. The Balaban J connectivity index is -0.0000000378. The maximum Gasteiger partial charge on any atom is 0.673 e. The number of rotatable bonds is 0. The van der Waals surface area contributed by atoms with Crippen molar-refractivity contribution in [3.63, 3.8) is 0 Å². The summed E-state index contributed by atoms with van der Waals surface area (Å²) in [6, 6.07) is 17.5. The van der Waals surface area contributed by atoms with Crippen LogP contribution in [0.4, 0.5) is 86.3 Å². The van der Waals surface area contributed by atoms with Gasteiger partial charge >= 0.3 is 36.3 Å². The third-order valence-corrected chi connectivity index (χ3v) is 6.67. The molecule has 100 heavy (non-hydrogen) atoms. The molecule has 0 aromatic carbocycles. The fraction of sp³-hybridized carbons (Fsp3) is 0.500. The van der Waals surface area contributed by atoms with Crippen LogP contribution in [0.5, 0.6) is 0 Å². The summed E-state index contributed by atoms with van der Waals surface area (Å²) in [5.74, 6) is 0. The fourth-order valence-electron chi connectivity index (χ4n) is 4.28. The minimum atomic E-state index is -6.00. The molecule has 585 valence electrons. The molecule has 5 aliphatic carbocycles. The van der Waals surface area contributed by atoms with Crippen molar-refractivity contribution in [2.24, 2.45) is 0 Å². The third kappa shape index (κ3) is 653. The van der Waals surface area contributed by atoms with E-state index in [1.54, 1.807) is 60.7 Å². The van der Waals surface area contributed by atoms with Crippen LogP contribution in [-0.4, -0.2) is 36.3 Å². The minimum Gasteiger partial charge on any atom is -0.418 e. The maximum atomic E-state index is 9.75. The van der Waals surface area contributed by atoms with Crippen LogP contribution in [0.1, 0.15) is 198 Å². The molecule has 0 aromatic rings. The molecular weight excluding hydrogens is 1810 g/mol. The quantitative estimate of drug-likeness (QED) is 0.126. The first-order chi connectivity index (χ1) is 44.1. The van der Waals surface area contributed by atoms with E-state index in [0.29, 0.717) is 0 Å². The van der Waals surface area contributed by atoms with Crippen molar-refractivity contribution in [3.8, 4) is 60.7 Å². The van der Waals surface area contributed by atoms with Gasteiger partial charge in [0.1, 0.15) is 0 Å². The monoisotopic (exact) mass is 1900 g/mol. The van der Waals surface area contributed by atoms with Crippen LogP contribution in [0.3, 0.4) is 0 Å². The van der Waals surface area contributed by atoms with Crippen LogP contribution in [0.15, 0.2) is 122 Å². The number of hydrogen-bond acceptors (Lipinski definition) is 10. The van der Waals surface area contributed by atoms with Gasteiger partial charge in [0.2, 0.25) is 0 Å². The number of nitriles is 10. The van der Waals surface area contributed by atoms with Crippen LogP contribution >= 0.6 is 0 Å². The van der Waals surface area contributed by atoms with Crippen molar-refractivity contribution in [2.75, 3.05) is 0 Å². The molecule has 10 nitrogen and oxygen atoms in total. The van der Waals surface area contributed by atoms with E-state index in [9.17, 15) is 86.3 Å².